The largest absolute Gasteiger partial charge is 0.481 e. The van der Waals surface area contributed by atoms with Crippen LogP contribution in [-0.2, 0) is 19.6 Å². The number of nitrogens with zero attached hydrogens (tertiary/aromatic N) is 6. The molecule has 3 N–H and O–H groups in total. The molecule has 1 spiro atoms. The summed E-state index contributed by atoms with van der Waals surface area (Å²) in [5, 5.41) is 19.7. The number of hydrogen-bond acceptors (Lipinski definition) is 9. The third kappa shape index (κ3) is 6.69. The number of ether oxygens (including phenoxy) is 1. The number of aliphatic hydroxyl groups is 1. The summed E-state index contributed by atoms with van der Waals surface area (Å²) < 4.78 is 48.5. The molecule has 2 aliphatic heterocycles. The van der Waals surface area contributed by atoms with Gasteiger partial charge in [0.15, 0.2) is 0 Å². The lowest BCUT2D eigenvalue weighted by Gasteiger charge is -2.40. The number of benzene rings is 2. The normalized spacial score (nSPS) is 19.8. The number of carbonyl (C=O) groups is 1. The summed E-state index contributed by atoms with van der Waals surface area (Å²) in [6, 6.07) is 13.2. The minimum absolute atomic E-state index is 0.0297. The number of nitrogens with one attached hydrogen (secondary N) is 2. The molecule has 2 amide bonds. The lowest BCUT2D eigenvalue weighted by Crippen LogP contribution is -2.61. The standard InChI is InChI=1S/C39H37Cl2F3N8O4/c1-50-36(54)31-22(19-45-50)18-29(39(42,43)44)48-34(31)46-26-8-4-6-24(33(26)41)23-5-3-7-25(32(23)40)27-17-21-9-10-28(30(21)35(47-27)56-2)52-14-12-38(20-52)11-13-51(15-16-53)37(55)49-38/h3-8,17-19,28,53H,9-16,20H2,1-2H3,(H,46,48)(H,49,55)/t28-,38+/m1/s1. The van der Waals surface area contributed by atoms with Crippen molar-refractivity contribution in [3.8, 4) is 28.3 Å². The van der Waals surface area contributed by atoms with Crippen LogP contribution in [0.2, 0.25) is 10.0 Å². The van der Waals surface area contributed by atoms with Crippen LogP contribution in [0.3, 0.4) is 0 Å². The van der Waals surface area contributed by atoms with Gasteiger partial charge in [-0.25, -0.2) is 19.4 Å². The van der Waals surface area contributed by atoms with Crippen molar-refractivity contribution < 1.29 is 27.8 Å². The lowest BCUT2D eigenvalue weighted by molar-refractivity contribution is -0.141. The number of urea groups is 1. The molecule has 12 nitrogen and oxygen atoms in total. The van der Waals surface area contributed by atoms with Gasteiger partial charge in [0.25, 0.3) is 5.56 Å². The fourth-order valence-corrected chi connectivity index (χ4v) is 8.86. The number of carbonyl (C=O) groups excluding carboxylic acids is 1. The summed E-state index contributed by atoms with van der Waals surface area (Å²) in [5.41, 5.74) is 2.44. The smallest absolute Gasteiger partial charge is 0.433 e. The van der Waals surface area contributed by atoms with Gasteiger partial charge in [0, 0.05) is 66.9 Å². The molecule has 5 aromatic rings. The number of likely N-dealkylation sites (tertiary alicyclic amines) is 1. The highest BCUT2D eigenvalue weighted by molar-refractivity contribution is 6.39. The first-order valence-corrected chi connectivity index (χ1v) is 18.9. The second-order valence-electron chi connectivity index (χ2n) is 14.4. The van der Waals surface area contributed by atoms with E-state index in [9.17, 15) is 27.9 Å². The van der Waals surface area contributed by atoms with E-state index in [0.717, 1.165) is 54.1 Å². The van der Waals surface area contributed by atoms with Crippen LogP contribution >= 0.6 is 23.2 Å². The Bertz CT molecular complexity index is 2450. The quantitative estimate of drug-likeness (QED) is 0.152. The van der Waals surface area contributed by atoms with Crippen molar-refractivity contribution in [2.75, 3.05) is 45.2 Å². The molecule has 56 heavy (non-hydrogen) atoms. The number of rotatable bonds is 8. The molecule has 17 heteroatoms. The second kappa shape index (κ2) is 14.5. The zero-order valence-corrected chi connectivity index (χ0v) is 31.9. The summed E-state index contributed by atoms with van der Waals surface area (Å²) in [6.45, 7) is 2.36. The van der Waals surface area contributed by atoms with Crippen LogP contribution < -0.4 is 20.9 Å². The van der Waals surface area contributed by atoms with Gasteiger partial charge in [-0.1, -0.05) is 53.5 Å². The molecule has 2 saturated heterocycles. The molecule has 8 rings (SSSR count). The van der Waals surface area contributed by atoms with Crippen LogP contribution in [0.5, 0.6) is 5.88 Å². The minimum Gasteiger partial charge on any atom is -0.481 e. The fraction of sp³-hybridized carbons (Fsp3) is 0.359. The SMILES string of the molecule is COc1nc(-c2cccc(-c3cccc(Nc4nc(C(F)(F)F)cc5cnn(C)c(=O)c45)c3Cl)c2Cl)cc2c1[C@H](N1CC[C@@]3(CCN(CCO)C(=O)N3)C1)CC2. The second-order valence-corrected chi connectivity index (χ2v) is 15.1. The highest BCUT2D eigenvalue weighted by Crippen LogP contribution is 2.47. The zero-order valence-electron chi connectivity index (χ0n) is 30.4. The maximum absolute atomic E-state index is 13.9. The van der Waals surface area contributed by atoms with Gasteiger partial charge in [0.05, 0.1) is 52.3 Å². The van der Waals surface area contributed by atoms with E-state index in [4.69, 9.17) is 32.9 Å². The van der Waals surface area contributed by atoms with Crippen molar-refractivity contribution in [2.24, 2.45) is 7.05 Å². The van der Waals surface area contributed by atoms with Crippen LogP contribution in [0, 0.1) is 0 Å². The molecule has 5 heterocycles. The predicted molar refractivity (Wildman–Crippen MR) is 207 cm³/mol. The molecular weight excluding hydrogens is 772 g/mol. The third-order valence-corrected chi connectivity index (χ3v) is 11.9. The highest BCUT2D eigenvalue weighted by Gasteiger charge is 2.46. The molecule has 2 fully saturated rings. The maximum Gasteiger partial charge on any atom is 0.433 e. The average Bonchev–Trinajstić information content (AvgIpc) is 3.79. The van der Waals surface area contributed by atoms with E-state index in [1.54, 1.807) is 36.3 Å². The molecule has 2 atom stereocenters. The number of alkyl halides is 3. The Hall–Kier alpha value is -4.96. The van der Waals surface area contributed by atoms with E-state index in [1.807, 2.05) is 18.2 Å². The molecule has 0 saturated carbocycles. The molecule has 0 unspecified atom stereocenters. The molecule has 3 aliphatic rings. The van der Waals surface area contributed by atoms with Gasteiger partial charge in [-0.15, -0.1) is 0 Å². The minimum atomic E-state index is -4.78. The van der Waals surface area contributed by atoms with Crippen LogP contribution in [0.1, 0.15) is 42.1 Å². The average molecular weight is 810 g/mol. The number of aromatic nitrogens is 4. The van der Waals surface area contributed by atoms with Gasteiger partial charge in [0.2, 0.25) is 5.88 Å². The molecule has 292 valence electrons. The van der Waals surface area contributed by atoms with E-state index >= 15 is 0 Å². The number of methoxy groups -OCH3 is 1. The molecule has 1 aliphatic carbocycles. The van der Waals surface area contributed by atoms with E-state index in [2.05, 4.69) is 25.6 Å². The van der Waals surface area contributed by atoms with E-state index in [1.165, 1.54) is 13.2 Å². The van der Waals surface area contributed by atoms with Crippen LogP contribution in [0.4, 0.5) is 29.5 Å². The van der Waals surface area contributed by atoms with Gasteiger partial charge in [-0.2, -0.15) is 18.3 Å². The summed E-state index contributed by atoms with van der Waals surface area (Å²) >= 11 is 14.1. The van der Waals surface area contributed by atoms with Crippen LogP contribution in [0.15, 0.2) is 59.5 Å². The third-order valence-electron chi connectivity index (χ3n) is 11.1. The van der Waals surface area contributed by atoms with Gasteiger partial charge in [0.1, 0.15) is 11.5 Å². The molecule has 0 radical (unpaired) electrons. The first-order chi connectivity index (χ1) is 26.8. The van der Waals surface area contributed by atoms with Gasteiger partial charge in [-0.05, 0) is 49.4 Å². The zero-order chi connectivity index (χ0) is 39.5. The van der Waals surface area contributed by atoms with Gasteiger partial charge < -0.3 is 25.4 Å². The van der Waals surface area contributed by atoms with E-state index < -0.39 is 17.4 Å². The predicted octanol–water partition coefficient (Wildman–Crippen LogP) is 6.97. The number of amides is 2. The fourth-order valence-electron chi connectivity index (χ4n) is 8.26. The maximum atomic E-state index is 13.9. The Labute approximate surface area is 329 Å². The van der Waals surface area contributed by atoms with Crippen molar-refractivity contribution in [2.45, 2.75) is 43.4 Å². The first-order valence-electron chi connectivity index (χ1n) is 18.1. The lowest BCUT2D eigenvalue weighted by atomic mass is 9.92. The number of anilines is 2. The monoisotopic (exact) mass is 808 g/mol. The van der Waals surface area contributed by atoms with Gasteiger partial charge >= 0.3 is 12.2 Å². The Balaban J connectivity index is 1.10. The topological polar surface area (TPSA) is 138 Å². The Morgan fingerprint density at radius 2 is 1.77 bits per heavy atom. The summed E-state index contributed by atoms with van der Waals surface area (Å²) in [5.74, 6) is 0.178. The number of hydrogen-bond donors (Lipinski definition) is 3. The number of fused-ring (bicyclic) bond motifs is 2. The number of pyridine rings is 2. The van der Waals surface area contributed by atoms with Crippen LogP contribution in [0.25, 0.3) is 33.2 Å². The summed E-state index contributed by atoms with van der Waals surface area (Å²) in [6.07, 6.45) is -0.318. The Kier molecular flexibility index (Phi) is 9.84. The number of β-amino-alcohol motifs (C(OH)–C–C–N with tert-alkyl or cyclic N) is 1. The van der Waals surface area contributed by atoms with Crippen LogP contribution in [-0.4, -0.2) is 86.1 Å². The van der Waals surface area contributed by atoms with Crippen molar-refractivity contribution >= 4 is 51.5 Å². The number of aliphatic hydroxyl groups excluding tert-OH is 1. The Morgan fingerprint density at radius 3 is 2.50 bits per heavy atom. The number of aryl methyl sites for hydroxylation is 2. The summed E-state index contributed by atoms with van der Waals surface area (Å²) in [4.78, 5) is 38.6. The molecule has 3 aromatic heterocycles. The number of halogens is 5. The van der Waals surface area contributed by atoms with Crippen molar-refractivity contribution in [3.63, 3.8) is 0 Å². The highest BCUT2D eigenvalue weighted by atomic mass is 35.5. The van der Waals surface area contributed by atoms with E-state index in [-0.39, 0.29) is 51.5 Å². The first kappa shape index (κ1) is 37.9. The van der Waals surface area contributed by atoms with Gasteiger partial charge in [-0.3, -0.25) is 9.69 Å². The molecular formula is C39H37Cl2F3N8O4. The Morgan fingerprint density at radius 1 is 1.04 bits per heavy atom. The molecule has 2 aromatic carbocycles. The van der Waals surface area contributed by atoms with Crippen molar-refractivity contribution in [3.05, 3.63) is 91.9 Å². The van der Waals surface area contributed by atoms with E-state index in [0.29, 0.717) is 52.9 Å². The summed E-state index contributed by atoms with van der Waals surface area (Å²) in [7, 11) is 2.99. The molecule has 0 bridgehead atoms. The van der Waals surface area contributed by atoms with Crippen molar-refractivity contribution in [1.29, 1.82) is 0 Å². The van der Waals surface area contributed by atoms with Crippen molar-refractivity contribution in [1.82, 2.24) is 34.9 Å².